The van der Waals surface area contributed by atoms with Crippen molar-refractivity contribution < 1.29 is 0 Å². The van der Waals surface area contributed by atoms with E-state index in [0.717, 1.165) is 15.7 Å². The Labute approximate surface area is 127 Å². The molecular formula is C18H24N3+. The molecule has 0 unspecified atom stereocenters. The average Bonchev–Trinajstić information content (AvgIpc) is 2.45. The molecule has 21 heavy (non-hydrogen) atoms. The minimum atomic E-state index is 0.823. The van der Waals surface area contributed by atoms with Crippen LogP contribution in [-0.4, -0.2) is 41.5 Å². The molecule has 0 spiro atoms. The minimum absolute atomic E-state index is 0.823. The number of rotatable bonds is 4. The number of hydrogen-bond donors (Lipinski definition) is 0. The van der Waals surface area contributed by atoms with Gasteiger partial charge in [-0.05, 0) is 54.1 Å². The molecule has 2 rings (SSSR count). The van der Waals surface area contributed by atoms with E-state index in [1.807, 2.05) is 32.4 Å². The topological polar surface area (TPSA) is 15.6 Å². The van der Waals surface area contributed by atoms with Gasteiger partial charge in [0.15, 0.2) is 0 Å². The van der Waals surface area contributed by atoms with Crippen LogP contribution in [0.1, 0.15) is 5.56 Å². The fraction of sp³-hybridized carbons (Fsp3) is 0.278. The predicted octanol–water partition coefficient (Wildman–Crippen LogP) is 3.70. The normalized spacial score (nSPS) is 11.9. The Morgan fingerprint density at radius 1 is 0.857 bits per heavy atom. The van der Waals surface area contributed by atoms with E-state index in [0.29, 0.717) is 0 Å². The number of anilines is 1. The molecule has 0 fully saturated rings. The minimum Gasteiger partial charge on any atom is -0.378 e. The first-order chi connectivity index (χ1) is 9.86. The van der Waals surface area contributed by atoms with Gasteiger partial charge in [-0.2, -0.15) is 0 Å². The van der Waals surface area contributed by atoms with Crippen LogP contribution in [0, 0.1) is 0 Å². The first-order valence-corrected chi connectivity index (χ1v) is 7.10. The second-order valence-electron chi connectivity index (χ2n) is 6.27. The molecule has 2 aromatic carbocycles. The average molecular weight is 282 g/mol. The number of aliphatic imine (C=N–C) groups is 1. The van der Waals surface area contributed by atoms with Crippen molar-refractivity contribution in [1.29, 1.82) is 0 Å². The van der Waals surface area contributed by atoms with E-state index in [-0.39, 0.29) is 0 Å². The van der Waals surface area contributed by atoms with Crippen LogP contribution in [0.15, 0.2) is 53.5 Å². The SMILES string of the molecule is CN(C)c1ccc(N=Cc2ccc([N+](C)(C)C)cc2)cc1. The highest BCUT2D eigenvalue weighted by Crippen LogP contribution is 2.19. The Balaban J connectivity index is 2.10. The highest BCUT2D eigenvalue weighted by atomic mass is 15.3. The third-order valence-corrected chi connectivity index (χ3v) is 3.40. The largest absolute Gasteiger partial charge is 0.378 e. The van der Waals surface area contributed by atoms with Crippen molar-refractivity contribution in [2.75, 3.05) is 40.1 Å². The zero-order chi connectivity index (χ0) is 15.5. The molecule has 0 aliphatic heterocycles. The summed E-state index contributed by atoms with van der Waals surface area (Å²) in [5.74, 6) is 0. The van der Waals surface area contributed by atoms with E-state index in [1.54, 1.807) is 0 Å². The summed E-state index contributed by atoms with van der Waals surface area (Å²) in [4.78, 5) is 6.60. The van der Waals surface area contributed by atoms with Gasteiger partial charge in [0.2, 0.25) is 0 Å². The molecule has 110 valence electrons. The lowest BCUT2D eigenvalue weighted by atomic mass is 10.2. The van der Waals surface area contributed by atoms with Gasteiger partial charge in [-0.3, -0.25) is 9.48 Å². The monoisotopic (exact) mass is 282 g/mol. The quantitative estimate of drug-likeness (QED) is 0.616. The Morgan fingerprint density at radius 2 is 1.43 bits per heavy atom. The van der Waals surface area contributed by atoms with E-state index in [2.05, 4.69) is 67.4 Å². The van der Waals surface area contributed by atoms with E-state index >= 15 is 0 Å². The lowest BCUT2D eigenvalue weighted by molar-refractivity contribution is 0.486. The maximum absolute atomic E-state index is 4.52. The van der Waals surface area contributed by atoms with Crippen LogP contribution in [-0.2, 0) is 0 Å². The second-order valence-corrected chi connectivity index (χ2v) is 6.27. The zero-order valence-electron chi connectivity index (χ0n) is 13.5. The van der Waals surface area contributed by atoms with E-state index < -0.39 is 0 Å². The first kappa shape index (κ1) is 15.3. The summed E-state index contributed by atoms with van der Waals surface area (Å²) in [6.45, 7) is 0. The van der Waals surface area contributed by atoms with E-state index in [4.69, 9.17) is 0 Å². The Bertz CT molecular complexity index is 602. The fourth-order valence-corrected chi connectivity index (χ4v) is 1.99. The third-order valence-electron chi connectivity index (χ3n) is 3.40. The number of quaternary nitrogens is 1. The van der Waals surface area contributed by atoms with Crippen molar-refractivity contribution in [2.45, 2.75) is 0 Å². The molecule has 3 heteroatoms. The molecule has 0 saturated carbocycles. The fourth-order valence-electron chi connectivity index (χ4n) is 1.99. The molecule has 0 heterocycles. The molecule has 0 amide bonds. The maximum Gasteiger partial charge on any atom is 0.132 e. The van der Waals surface area contributed by atoms with Crippen molar-refractivity contribution in [3.8, 4) is 0 Å². The van der Waals surface area contributed by atoms with Gasteiger partial charge in [0, 0.05) is 26.0 Å². The predicted molar refractivity (Wildman–Crippen MR) is 94.0 cm³/mol. The van der Waals surface area contributed by atoms with Crippen molar-refractivity contribution in [2.24, 2.45) is 4.99 Å². The summed E-state index contributed by atoms with van der Waals surface area (Å²) < 4.78 is 0.823. The lowest BCUT2D eigenvalue weighted by Gasteiger charge is -2.23. The van der Waals surface area contributed by atoms with Crippen LogP contribution in [0.5, 0.6) is 0 Å². The zero-order valence-corrected chi connectivity index (χ0v) is 13.5. The first-order valence-electron chi connectivity index (χ1n) is 7.10. The molecule has 0 N–H and O–H groups in total. The van der Waals surface area contributed by atoms with Gasteiger partial charge in [-0.25, -0.2) is 0 Å². The molecule has 0 bridgehead atoms. The van der Waals surface area contributed by atoms with E-state index in [9.17, 15) is 0 Å². The molecule has 0 atom stereocenters. The van der Waals surface area contributed by atoms with Crippen LogP contribution in [0.4, 0.5) is 17.1 Å². The van der Waals surface area contributed by atoms with Crippen molar-refractivity contribution in [3.05, 3.63) is 54.1 Å². The molecule has 3 nitrogen and oxygen atoms in total. The second kappa shape index (κ2) is 6.10. The van der Waals surface area contributed by atoms with Crippen molar-refractivity contribution in [3.63, 3.8) is 0 Å². The lowest BCUT2D eigenvalue weighted by Crippen LogP contribution is -2.34. The van der Waals surface area contributed by atoms with Gasteiger partial charge in [-0.1, -0.05) is 0 Å². The molecule has 0 aromatic heterocycles. The molecule has 0 aliphatic rings. The summed E-state index contributed by atoms with van der Waals surface area (Å²) in [5.41, 5.74) is 4.55. The molecule has 2 aromatic rings. The summed E-state index contributed by atoms with van der Waals surface area (Å²) in [5, 5.41) is 0. The summed E-state index contributed by atoms with van der Waals surface area (Å²) in [7, 11) is 10.6. The van der Waals surface area contributed by atoms with Gasteiger partial charge in [0.25, 0.3) is 0 Å². The van der Waals surface area contributed by atoms with Crippen LogP contribution in [0.3, 0.4) is 0 Å². The Kier molecular flexibility index (Phi) is 4.43. The number of nitrogens with zero attached hydrogens (tertiary/aromatic N) is 3. The maximum atomic E-state index is 4.52. The summed E-state index contributed by atoms with van der Waals surface area (Å²) in [6, 6.07) is 16.7. The van der Waals surface area contributed by atoms with Crippen molar-refractivity contribution in [1.82, 2.24) is 4.48 Å². The molecular weight excluding hydrogens is 258 g/mol. The third kappa shape index (κ3) is 4.17. The molecule has 0 aliphatic carbocycles. The van der Waals surface area contributed by atoms with Crippen LogP contribution in [0.2, 0.25) is 0 Å². The van der Waals surface area contributed by atoms with Crippen LogP contribution >= 0.6 is 0 Å². The smallest absolute Gasteiger partial charge is 0.132 e. The standard InChI is InChI=1S/C18H24N3/c1-20(2)17-10-8-16(9-11-17)19-14-15-6-12-18(13-7-15)21(3,4)5/h6-14H,1-5H3/q+1. The van der Waals surface area contributed by atoms with Crippen LogP contribution < -0.4 is 9.38 Å². The highest BCUT2D eigenvalue weighted by molar-refractivity contribution is 5.82. The van der Waals surface area contributed by atoms with Gasteiger partial charge in [0.1, 0.15) is 5.69 Å². The van der Waals surface area contributed by atoms with Crippen LogP contribution in [0.25, 0.3) is 0 Å². The Morgan fingerprint density at radius 3 is 1.90 bits per heavy atom. The van der Waals surface area contributed by atoms with Gasteiger partial charge in [-0.15, -0.1) is 0 Å². The number of benzene rings is 2. The molecule has 0 saturated heterocycles. The van der Waals surface area contributed by atoms with E-state index in [1.165, 1.54) is 11.4 Å². The summed E-state index contributed by atoms with van der Waals surface area (Å²) in [6.07, 6.45) is 1.91. The van der Waals surface area contributed by atoms with Crippen molar-refractivity contribution >= 4 is 23.3 Å². The van der Waals surface area contributed by atoms with Gasteiger partial charge < -0.3 is 4.90 Å². The Hall–Kier alpha value is -2.13. The van der Waals surface area contributed by atoms with Gasteiger partial charge >= 0.3 is 0 Å². The van der Waals surface area contributed by atoms with Gasteiger partial charge in [0.05, 0.1) is 26.8 Å². The summed E-state index contributed by atoms with van der Waals surface area (Å²) >= 11 is 0. The molecule has 0 radical (unpaired) electrons. The highest BCUT2D eigenvalue weighted by Gasteiger charge is 2.10. The number of hydrogen-bond acceptors (Lipinski definition) is 2.